The topological polar surface area (TPSA) is 70.7 Å². The lowest BCUT2D eigenvalue weighted by Gasteiger charge is -2.01. The third-order valence-electron chi connectivity index (χ3n) is 2.46. The molecule has 0 spiro atoms. The highest BCUT2D eigenvalue weighted by Crippen LogP contribution is 2.06. The van der Waals surface area contributed by atoms with E-state index in [1.165, 1.54) is 6.08 Å². The van der Waals surface area contributed by atoms with Crippen LogP contribution in [0.5, 0.6) is 0 Å². The number of nitrogens with zero attached hydrogens (tertiary/aromatic N) is 3. The third-order valence-corrected chi connectivity index (χ3v) is 2.63. The monoisotopic (exact) mass is 280 g/mol. The van der Waals surface area contributed by atoms with Crippen molar-refractivity contribution >= 4 is 23.6 Å². The maximum Gasteiger partial charge on any atom is 0.261 e. The number of amides is 1. The van der Waals surface area contributed by atoms with E-state index in [9.17, 15) is 4.79 Å². The Labute approximate surface area is 117 Å². The summed E-state index contributed by atoms with van der Waals surface area (Å²) in [6.07, 6.45) is 6.77. The van der Waals surface area contributed by atoms with Gasteiger partial charge in [-0.05, 0) is 12.5 Å². The third kappa shape index (κ3) is 5.14. The zero-order chi connectivity index (χ0) is 14.1. The standard InChI is InChI=1S/C13H17ClN4O/c1-2-3-5-16-13(19)12(8-15)7-11-9-17-18(10-11)6-4-14/h7,9-10H,2-6H2,1H3,(H,16,19)/b12-7+. The van der Waals surface area contributed by atoms with E-state index < -0.39 is 0 Å². The number of hydrogen-bond donors (Lipinski definition) is 1. The summed E-state index contributed by atoms with van der Waals surface area (Å²) < 4.78 is 1.67. The summed E-state index contributed by atoms with van der Waals surface area (Å²) in [6, 6.07) is 1.90. The molecule has 1 N–H and O–H groups in total. The van der Waals surface area contributed by atoms with Crippen molar-refractivity contribution < 1.29 is 4.79 Å². The summed E-state index contributed by atoms with van der Waals surface area (Å²) >= 11 is 5.61. The summed E-state index contributed by atoms with van der Waals surface area (Å²) in [5.74, 6) is 0.119. The Morgan fingerprint density at radius 3 is 3.11 bits per heavy atom. The molecule has 1 aromatic heterocycles. The Morgan fingerprint density at radius 2 is 2.47 bits per heavy atom. The van der Waals surface area contributed by atoms with Crippen LogP contribution in [-0.2, 0) is 11.3 Å². The van der Waals surface area contributed by atoms with Crippen molar-refractivity contribution in [2.24, 2.45) is 0 Å². The fourth-order valence-electron chi connectivity index (χ4n) is 1.45. The van der Waals surface area contributed by atoms with E-state index in [0.717, 1.165) is 12.8 Å². The van der Waals surface area contributed by atoms with Gasteiger partial charge in [0, 0.05) is 24.2 Å². The van der Waals surface area contributed by atoms with Crippen molar-refractivity contribution in [1.29, 1.82) is 5.26 Å². The van der Waals surface area contributed by atoms with Gasteiger partial charge in [-0.2, -0.15) is 10.4 Å². The lowest BCUT2D eigenvalue weighted by atomic mass is 10.2. The second kappa shape index (κ2) is 8.33. The minimum Gasteiger partial charge on any atom is -0.351 e. The Bertz CT molecular complexity index is 487. The number of carbonyl (C=O) groups is 1. The molecule has 0 fully saturated rings. The van der Waals surface area contributed by atoms with E-state index in [4.69, 9.17) is 16.9 Å². The van der Waals surface area contributed by atoms with E-state index in [-0.39, 0.29) is 11.5 Å². The van der Waals surface area contributed by atoms with Crippen LogP contribution in [0.2, 0.25) is 0 Å². The molecule has 0 atom stereocenters. The van der Waals surface area contributed by atoms with E-state index in [0.29, 0.717) is 24.5 Å². The highest BCUT2D eigenvalue weighted by Gasteiger charge is 2.08. The van der Waals surface area contributed by atoms with E-state index in [1.807, 2.05) is 13.0 Å². The molecule has 19 heavy (non-hydrogen) atoms. The van der Waals surface area contributed by atoms with Crippen LogP contribution in [0.15, 0.2) is 18.0 Å². The minimum atomic E-state index is -0.346. The van der Waals surface area contributed by atoms with Crippen molar-refractivity contribution in [2.45, 2.75) is 26.3 Å². The van der Waals surface area contributed by atoms with Gasteiger partial charge in [-0.3, -0.25) is 9.48 Å². The first-order chi connectivity index (χ1) is 9.21. The fraction of sp³-hybridized carbons (Fsp3) is 0.462. The molecule has 0 radical (unpaired) electrons. The van der Waals surface area contributed by atoms with Gasteiger partial charge in [-0.25, -0.2) is 0 Å². The molecule has 0 aliphatic heterocycles. The predicted molar refractivity (Wildman–Crippen MR) is 74.5 cm³/mol. The molecule has 1 amide bonds. The zero-order valence-corrected chi connectivity index (χ0v) is 11.7. The van der Waals surface area contributed by atoms with Gasteiger partial charge in [0.1, 0.15) is 11.6 Å². The van der Waals surface area contributed by atoms with Gasteiger partial charge in [0.05, 0.1) is 12.7 Å². The average Bonchev–Trinajstić information content (AvgIpc) is 2.84. The molecule has 6 heteroatoms. The van der Waals surface area contributed by atoms with Crippen molar-refractivity contribution in [2.75, 3.05) is 12.4 Å². The summed E-state index contributed by atoms with van der Waals surface area (Å²) in [7, 11) is 0. The molecule has 1 aromatic rings. The molecule has 0 aliphatic carbocycles. The Morgan fingerprint density at radius 1 is 1.68 bits per heavy atom. The normalized spacial score (nSPS) is 11.1. The van der Waals surface area contributed by atoms with Crippen LogP contribution in [0, 0.1) is 11.3 Å². The molecule has 5 nitrogen and oxygen atoms in total. The Balaban J connectivity index is 2.69. The number of carbonyl (C=O) groups excluding carboxylic acids is 1. The number of aryl methyl sites for hydroxylation is 1. The summed E-state index contributed by atoms with van der Waals surface area (Å²) in [5.41, 5.74) is 0.800. The van der Waals surface area contributed by atoms with E-state index in [1.54, 1.807) is 17.1 Å². The van der Waals surface area contributed by atoms with E-state index >= 15 is 0 Å². The maximum atomic E-state index is 11.7. The largest absolute Gasteiger partial charge is 0.351 e. The SMILES string of the molecule is CCCCNC(=O)/C(C#N)=C/c1cnn(CCCl)c1. The summed E-state index contributed by atoms with van der Waals surface area (Å²) in [6.45, 7) is 3.22. The zero-order valence-electron chi connectivity index (χ0n) is 10.9. The number of halogens is 1. The molecular formula is C13H17ClN4O. The quantitative estimate of drug-likeness (QED) is 0.359. The molecule has 1 heterocycles. The highest BCUT2D eigenvalue weighted by atomic mass is 35.5. The van der Waals surface area contributed by atoms with Gasteiger partial charge >= 0.3 is 0 Å². The number of rotatable bonds is 7. The van der Waals surface area contributed by atoms with Crippen LogP contribution < -0.4 is 5.32 Å². The molecule has 0 aliphatic rings. The highest BCUT2D eigenvalue weighted by molar-refractivity contribution is 6.17. The van der Waals surface area contributed by atoms with Gasteiger partial charge in [0.25, 0.3) is 5.91 Å². The first-order valence-corrected chi connectivity index (χ1v) is 6.73. The minimum absolute atomic E-state index is 0.0847. The van der Waals surface area contributed by atoms with E-state index in [2.05, 4.69) is 10.4 Å². The summed E-state index contributed by atoms with van der Waals surface area (Å²) in [5, 5.41) is 15.8. The number of alkyl halides is 1. The average molecular weight is 281 g/mol. The second-order valence-electron chi connectivity index (χ2n) is 4.00. The van der Waals surface area contributed by atoms with Gasteiger partial charge in [-0.1, -0.05) is 13.3 Å². The molecule has 0 bridgehead atoms. The fourth-order valence-corrected chi connectivity index (χ4v) is 1.63. The van der Waals surface area contributed by atoms with Crippen molar-refractivity contribution in [1.82, 2.24) is 15.1 Å². The number of aromatic nitrogens is 2. The van der Waals surface area contributed by atoms with Crippen LogP contribution >= 0.6 is 11.6 Å². The van der Waals surface area contributed by atoms with Gasteiger partial charge in [-0.15, -0.1) is 11.6 Å². The molecule has 0 saturated carbocycles. The lowest BCUT2D eigenvalue weighted by molar-refractivity contribution is -0.117. The van der Waals surface area contributed by atoms with Crippen molar-refractivity contribution in [3.8, 4) is 6.07 Å². The molecule has 0 saturated heterocycles. The number of nitrogens with one attached hydrogen (secondary N) is 1. The van der Waals surface area contributed by atoms with Gasteiger partial charge < -0.3 is 5.32 Å². The maximum absolute atomic E-state index is 11.7. The smallest absolute Gasteiger partial charge is 0.261 e. The van der Waals surface area contributed by atoms with Crippen molar-refractivity contribution in [3.05, 3.63) is 23.5 Å². The van der Waals surface area contributed by atoms with Gasteiger partial charge in [0.15, 0.2) is 0 Å². The molecule has 1 rings (SSSR count). The van der Waals surface area contributed by atoms with Gasteiger partial charge in [0.2, 0.25) is 0 Å². The molecule has 0 aromatic carbocycles. The van der Waals surface area contributed by atoms with Crippen molar-refractivity contribution in [3.63, 3.8) is 0 Å². The lowest BCUT2D eigenvalue weighted by Crippen LogP contribution is -2.25. The van der Waals surface area contributed by atoms with Crippen LogP contribution in [0.1, 0.15) is 25.3 Å². The van der Waals surface area contributed by atoms with Crippen LogP contribution in [0.4, 0.5) is 0 Å². The van der Waals surface area contributed by atoms with Crippen LogP contribution in [-0.4, -0.2) is 28.1 Å². The predicted octanol–water partition coefficient (Wildman–Crippen LogP) is 1.95. The molecular weight excluding hydrogens is 264 g/mol. The number of unbranched alkanes of at least 4 members (excludes halogenated alkanes) is 1. The first-order valence-electron chi connectivity index (χ1n) is 6.19. The Kier molecular flexibility index (Phi) is 6.69. The number of nitriles is 1. The number of hydrogen-bond acceptors (Lipinski definition) is 3. The van der Waals surface area contributed by atoms with Crippen LogP contribution in [0.25, 0.3) is 6.08 Å². The molecule has 102 valence electrons. The summed E-state index contributed by atoms with van der Waals surface area (Å²) in [4.78, 5) is 11.7. The first kappa shape index (κ1) is 15.3. The van der Waals surface area contributed by atoms with Crippen LogP contribution in [0.3, 0.4) is 0 Å². The second-order valence-corrected chi connectivity index (χ2v) is 4.38. The molecule has 0 unspecified atom stereocenters. The Hall–Kier alpha value is -1.80.